The molecular formula is C18H20N2OS2. The predicted octanol–water partition coefficient (Wildman–Crippen LogP) is 4.40. The molecule has 3 heterocycles. The van der Waals surface area contributed by atoms with Gasteiger partial charge in [0.2, 0.25) is 0 Å². The van der Waals surface area contributed by atoms with Crippen LogP contribution >= 0.6 is 23.1 Å². The summed E-state index contributed by atoms with van der Waals surface area (Å²) in [4.78, 5) is 7.97. The standard InChI is InChI=1S/C18H20N2OS2/c1-11(2)9-14(21)17-16(20-8-7-19-18(20)23-17)13-10-22-15-6-4-3-5-12(13)15/h3-6,10-11,14,21H,7-9H2,1-2H3. The van der Waals surface area contributed by atoms with E-state index in [-0.39, 0.29) is 0 Å². The van der Waals surface area contributed by atoms with Crippen molar-refractivity contribution >= 4 is 44.0 Å². The van der Waals surface area contributed by atoms with Gasteiger partial charge in [-0.25, -0.2) is 0 Å². The lowest BCUT2D eigenvalue weighted by molar-refractivity contribution is 0.191. The van der Waals surface area contributed by atoms with Gasteiger partial charge in [0, 0.05) is 32.5 Å². The van der Waals surface area contributed by atoms with Crippen LogP contribution in [0.25, 0.3) is 15.8 Å². The highest BCUT2D eigenvalue weighted by Gasteiger charge is 2.36. The molecule has 0 amide bonds. The van der Waals surface area contributed by atoms with Crippen molar-refractivity contribution in [1.29, 1.82) is 0 Å². The van der Waals surface area contributed by atoms with Gasteiger partial charge in [0.05, 0.1) is 18.3 Å². The molecule has 1 N–H and O–H groups in total. The summed E-state index contributed by atoms with van der Waals surface area (Å²) >= 11 is 3.43. The van der Waals surface area contributed by atoms with Crippen LogP contribution in [0.5, 0.6) is 0 Å². The first kappa shape index (κ1) is 15.2. The molecule has 1 aromatic carbocycles. The van der Waals surface area contributed by atoms with Crippen molar-refractivity contribution in [3.05, 3.63) is 40.1 Å². The molecular weight excluding hydrogens is 324 g/mol. The topological polar surface area (TPSA) is 35.8 Å². The molecule has 3 nitrogen and oxygen atoms in total. The van der Waals surface area contributed by atoms with Gasteiger partial charge in [-0.3, -0.25) is 4.99 Å². The minimum atomic E-state index is -0.415. The Bertz CT molecular complexity index is 806. The van der Waals surface area contributed by atoms with E-state index in [0.717, 1.165) is 29.6 Å². The van der Waals surface area contributed by atoms with Crippen LogP contribution in [0.1, 0.15) is 25.8 Å². The summed E-state index contributed by atoms with van der Waals surface area (Å²) in [5, 5.41) is 15.3. The fourth-order valence-corrected chi connectivity index (χ4v) is 5.36. The molecule has 2 aliphatic heterocycles. The normalized spacial score (nSPS) is 19.0. The molecule has 0 aliphatic carbocycles. The highest BCUT2D eigenvalue weighted by molar-refractivity contribution is 8.17. The van der Waals surface area contributed by atoms with Gasteiger partial charge in [-0.2, -0.15) is 0 Å². The summed E-state index contributed by atoms with van der Waals surface area (Å²) < 4.78 is 1.29. The van der Waals surface area contributed by atoms with Gasteiger partial charge < -0.3 is 10.0 Å². The van der Waals surface area contributed by atoms with Crippen LogP contribution in [0.3, 0.4) is 0 Å². The van der Waals surface area contributed by atoms with Gasteiger partial charge >= 0.3 is 0 Å². The Labute approximate surface area is 144 Å². The number of benzene rings is 1. The van der Waals surface area contributed by atoms with E-state index >= 15 is 0 Å². The van der Waals surface area contributed by atoms with Crippen LogP contribution < -0.4 is 0 Å². The number of nitrogens with zero attached hydrogens (tertiary/aromatic N) is 2. The molecule has 120 valence electrons. The minimum Gasteiger partial charge on any atom is -0.388 e. The van der Waals surface area contributed by atoms with E-state index in [2.05, 4.69) is 53.4 Å². The Morgan fingerprint density at radius 2 is 2.13 bits per heavy atom. The highest BCUT2D eigenvalue weighted by atomic mass is 32.2. The Hall–Kier alpha value is -1.30. The zero-order valence-electron chi connectivity index (χ0n) is 13.3. The molecule has 23 heavy (non-hydrogen) atoms. The van der Waals surface area contributed by atoms with Crippen molar-refractivity contribution in [1.82, 2.24) is 4.90 Å². The van der Waals surface area contributed by atoms with Gasteiger partial charge in [-0.15, -0.1) is 11.3 Å². The number of thioether (sulfide) groups is 1. The predicted molar refractivity (Wildman–Crippen MR) is 101 cm³/mol. The molecule has 0 saturated carbocycles. The maximum Gasteiger partial charge on any atom is 0.168 e. The molecule has 0 bridgehead atoms. The Morgan fingerprint density at radius 1 is 1.30 bits per heavy atom. The average molecular weight is 345 g/mol. The Balaban J connectivity index is 1.84. The number of rotatable bonds is 4. The van der Waals surface area contributed by atoms with E-state index < -0.39 is 6.10 Å². The van der Waals surface area contributed by atoms with Gasteiger partial charge in [-0.05, 0) is 18.4 Å². The maximum absolute atomic E-state index is 10.8. The van der Waals surface area contributed by atoms with Crippen LogP contribution in [0.4, 0.5) is 0 Å². The van der Waals surface area contributed by atoms with Crippen LogP contribution in [0, 0.1) is 5.92 Å². The van der Waals surface area contributed by atoms with Gasteiger partial charge in [0.1, 0.15) is 0 Å². The third-order valence-corrected chi connectivity index (χ3v) is 6.42. The van der Waals surface area contributed by atoms with Crippen molar-refractivity contribution in [2.45, 2.75) is 26.4 Å². The molecule has 4 rings (SSSR count). The van der Waals surface area contributed by atoms with Crippen molar-refractivity contribution < 1.29 is 5.11 Å². The summed E-state index contributed by atoms with van der Waals surface area (Å²) in [6, 6.07) is 8.51. The fourth-order valence-electron chi connectivity index (χ4n) is 3.22. The molecule has 2 aromatic rings. The minimum absolute atomic E-state index is 0.415. The number of hydrogen-bond acceptors (Lipinski definition) is 5. The maximum atomic E-state index is 10.8. The van der Waals surface area contributed by atoms with Crippen LogP contribution in [0.2, 0.25) is 0 Å². The van der Waals surface area contributed by atoms with Crippen LogP contribution in [0.15, 0.2) is 39.5 Å². The number of hydrogen-bond donors (Lipinski definition) is 1. The second-order valence-corrected chi connectivity index (χ2v) is 8.34. The molecule has 1 atom stereocenters. The van der Waals surface area contributed by atoms with E-state index in [9.17, 15) is 5.11 Å². The summed E-state index contributed by atoms with van der Waals surface area (Å²) in [5.41, 5.74) is 2.42. The molecule has 2 aliphatic rings. The average Bonchev–Trinajstić information content (AvgIpc) is 3.19. The Kier molecular flexibility index (Phi) is 3.95. The largest absolute Gasteiger partial charge is 0.388 e. The van der Waals surface area contributed by atoms with E-state index in [1.807, 2.05) is 0 Å². The van der Waals surface area contributed by atoms with E-state index in [4.69, 9.17) is 0 Å². The molecule has 1 aromatic heterocycles. The molecule has 0 spiro atoms. The number of fused-ring (bicyclic) bond motifs is 2. The summed E-state index contributed by atoms with van der Waals surface area (Å²) in [5.74, 6) is 0.468. The summed E-state index contributed by atoms with van der Waals surface area (Å²) in [7, 11) is 0. The van der Waals surface area contributed by atoms with E-state index in [1.165, 1.54) is 21.3 Å². The third-order valence-electron chi connectivity index (χ3n) is 4.24. The lowest BCUT2D eigenvalue weighted by Gasteiger charge is -2.19. The van der Waals surface area contributed by atoms with Gasteiger partial charge in [0.25, 0.3) is 0 Å². The van der Waals surface area contributed by atoms with Gasteiger partial charge in [0.15, 0.2) is 5.17 Å². The monoisotopic (exact) mass is 344 g/mol. The van der Waals surface area contributed by atoms with Crippen molar-refractivity contribution in [3.8, 4) is 0 Å². The zero-order chi connectivity index (χ0) is 16.0. The second kappa shape index (κ2) is 5.96. The van der Waals surface area contributed by atoms with Crippen LogP contribution in [-0.4, -0.2) is 34.4 Å². The zero-order valence-corrected chi connectivity index (χ0v) is 15.0. The lowest BCUT2D eigenvalue weighted by Crippen LogP contribution is -2.20. The first-order chi connectivity index (χ1) is 11.1. The first-order valence-electron chi connectivity index (χ1n) is 8.04. The summed E-state index contributed by atoms with van der Waals surface area (Å²) in [6.45, 7) is 6.07. The van der Waals surface area contributed by atoms with Crippen LogP contribution in [-0.2, 0) is 0 Å². The summed E-state index contributed by atoms with van der Waals surface area (Å²) in [6.07, 6.45) is 0.372. The van der Waals surface area contributed by atoms with Gasteiger partial charge in [-0.1, -0.05) is 43.8 Å². The quantitative estimate of drug-likeness (QED) is 0.893. The fraction of sp³-hybridized carbons (Fsp3) is 0.389. The molecule has 5 heteroatoms. The number of thiophene rings is 1. The Morgan fingerprint density at radius 3 is 2.96 bits per heavy atom. The smallest absolute Gasteiger partial charge is 0.168 e. The van der Waals surface area contributed by atoms with Crippen molar-refractivity contribution in [2.24, 2.45) is 10.9 Å². The molecule has 0 saturated heterocycles. The highest BCUT2D eigenvalue weighted by Crippen LogP contribution is 2.46. The SMILES string of the molecule is CC(C)CC(O)C1=C(c2csc3ccccc23)N2CCN=C2S1. The molecule has 0 radical (unpaired) electrons. The van der Waals surface area contributed by atoms with E-state index in [1.54, 1.807) is 23.1 Å². The second-order valence-electron chi connectivity index (χ2n) is 6.42. The number of amidine groups is 1. The van der Waals surface area contributed by atoms with E-state index in [0.29, 0.717) is 5.92 Å². The number of aliphatic hydroxyl groups excluding tert-OH is 1. The van der Waals surface area contributed by atoms with Crippen molar-refractivity contribution in [2.75, 3.05) is 13.1 Å². The lowest BCUT2D eigenvalue weighted by atomic mass is 10.0. The number of aliphatic imine (C=N–C) groups is 1. The number of aliphatic hydroxyl groups is 1. The van der Waals surface area contributed by atoms with Crippen molar-refractivity contribution in [3.63, 3.8) is 0 Å². The molecule has 1 unspecified atom stereocenters. The third kappa shape index (κ3) is 2.61. The molecule has 0 fully saturated rings. The first-order valence-corrected chi connectivity index (χ1v) is 9.73.